The molecule has 1 rings (SSSR count). The summed E-state index contributed by atoms with van der Waals surface area (Å²) >= 11 is 0. The van der Waals surface area contributed by atoms with Crippen molar-refractivity contribution >= 4 is 0 Å². The number of rotatable bonds is 6. The van der Waals surface area contributed by atoms with E-state index in [-0.39, 0.29) is 11.7 Å². The van der Waals surface area contributed by atoms with Crippen LogP contribution in [-0.4, -0.2) is 17.3 Å². The Kier molecular flexibility index (Phi) is 5.09. The fraction of sp³-hybridized carbons (Fsp3) is 0.571. The SMILES string of the molecule is CCCC(CN)C(C)(O)Cc1cccc(F)c1. The summed E-state index contributed by atoms with van der Waals surface area (Å²) in [7, 11) is 0. The van der Waals surface area contributed by atoms with E-state index in [1.165, 1.54) is 12.1 Å². The minimum Gasteiger partial charge on any atom is -0.389 e. The highest BCUT2D eigenvalue weighted by molar-refractivity contribution is 5.18. The predicted octanol–water partition coefficient (Wildman–Crippen LogP) is 2.49. The van der Waals surface area contributed by atoms with Crippen LogP contribution < -0.4 is 5.73 Å². The third kappa shape index (κ3) is 4.10. The van der Waals surface area contributed by atoms with Gasteiger partial charge in [-0.2, -0.15) is 0 Å². The van der Waals surface area contributed by atoms with Gasteiger partial charge in [0.1, 0.15) is 5.82 Å². The van der Waals surface area contributed by atoms with Gasteiger partial charge in [0.2, 0.25) is 0 Å². The lowest BCUT2D eigenvalue weighted by Crippen LogP contribution is -2.41. The third-order valence-electron chi connectivity index (χ3n) is 3.25. The van der Waals surface area contributed by atoms with Crippen molar-refractivity contribution in [1.82, 2.24) is 0 Å². The number of halogens is 1. The Morgan fingerprint density at radius 2 is 2.18 bits per heavy atom. The van der Waals surface area contributed by atoms with Gasteiger partial charge in [-0.25, -0.2) is 4.39 Å². The molecule has 1 aromatic carbocycles. The molecule has 0 aliphatic carbocycles. The van der Waals surface area contributed by atoms with E-state index < -0.39 is 5.60 Å². The molecule has 0 fully saturated rings. The van der Waals surface area contributed by atoms with Crippen molar-refractivity contribution in [3.05, 3.63) is 35.6 Å². The Morgan fingerprint density at radius 1 is 1.47 bits per heavy atom. The first kappa shape index (κ1) is 14.1. The maximum Gasteiger partial charge on any atom is 0.123 e. The van der Waals surface area contributed by atoms with Gasteiger partial charge in [-0.3, -0.25) is 0 Å². The second-order valence-electron chi connectivity index (χ2n) is 4.89. The first-order chi connectivity index (χ1) is 7.99. The molecule has 3 N–H and O–H groups in total. The van der Waals surface area contributed by atoms with Crippen molar-refractivity contribution in [2.24, 2.45) is 11.7 Å². The second kappa shape index (κ2) is 6.12. The monoisotopic (exact) mass is 239 g/mol. The van der Waals surface area contributed by atoms with Crippen LogP contribution in [0.5, 0.6) is 0 Å². The first-order valence-electron chi connectivity index (χ1n) is 6.16. The molecule has 2 nitrogen and oxygen atoms in total. The largest absolute Gasteiger partial charge is 0.389 e. The zero-order chi connectivity index (χ0) is 12.9. The maximum absolute atomic E-state index is 13.1. The van der Waals surface area contributed by atoms with Crippen molar-refractivity contribution in [2.75, 3.05) is 6.54 Å². The molecular weight excluding hydrogens is 217 g/mol. The molecule has 0 aliphatic rings. The summed E-state index contributed by atoms with van der Waals surface area (Å²) in [4.78, 5) is 0. The molecule has 2 atom stereocenters. The van der Waals surface area contributed by atoms with E-state index in [4.69, 9.17) is 5.73 Å². The van der Waals surface area contributed by atoms with Crippen LogP contribution in [0.2, 0.25) is 0 Å². The maximum atomic E-state index is 13.1. The molecule has 0 heterocycles. The Labute approximate surface area is 103 Å². The van der Waals surface area contributed by atoms with Gasteiger partial charge < -0.3 is 10.8 Å². The molecule has 0 aliphatic heterocycles. The summed E-state index contributed by atoms with van der Waals surface area (Å²) in [6.07, 6.45) is 2.31. The van der Waals surface area contributed by atoms with Crippen LogP contribution in [-0.2, 0) is 6.42 Å². The van der Waals surface area contributed by atoms with Crippen LogP contribution in [0.15, 0.2) is 24.3 Å². The molecular formula is C14H22FNO. The molecule has 0 radical (unpaired) electrons. The summed E-state index contributed by atoms with van der Waals surface area (Å²) in [6, 6.07) is 6.37. The van der Waals surface area contributed by atoms with Crippen molar-refractivity contribution < 1.29 is 9.50 Å². The fourth-order valence-electron chi connectivity index (χ4n) is 2.24. The Balaban J connectivity index is 2.77. The lowest BCUT2D eigenvalue weighted by molar-refractivity contribution is -0.00102. The molecule has 0 aromatic heterocycles. The number of aliphatic hydroxyl groups is 1. The highest BCUT2D eigenvalue weighted by atomic mass is 19.1. The highest BCUT2D eigenvalue weighted by Crippen LogP contribution is 2.25. The van der Waals surface area contributed by atoms with Crippen molar-refractivity contribution in [3.8, 4) is 0 Å². The topological polar surface area (TPSA) is 46.2 Å². The van der Waals surface area contributed by atoms with Crippen molar-refractivity contribution in [3.63, 3.8) is 0 Å². The average Bonchev–Trinajstić information content (AvgIpc) is 2.24. The number of hydrogen-bond acceptors (Lipinski definition) is 2. The normalized spacial score (nSPS) is 16.5. The molecule has 17 heavy (non-hydrogen) atoms. The van der Waals surface area contributed by atoms with Crippen LogP contribution in [0.25, 0.3) is 0 Å². The van der Waals surface area contributed by atoms with E-state index in [0.717, 1.165) is 18.4 Å². The molecule has 1 aromatic rings. The van der Waals surface area contributed by atoms with Crippen LogP contribution >= 0.6 is 0 Å². The summed E-state index contributed by atoms with van der Waals surface area (Å²) in [5.41, 5.74) is 5.63. The van der Waals surface area contributed by atoms with Gasteiger partial charge in [-0.05, 0) is 43.5 Å². The molecule has 0 spiro atoms. The standard InChI is InChI=1S/C14H22FNO/c1-3-5-12(10-16)14(2,17)9-11-6-4-7-13(15)8-11/h4,6-8,12,17H,3,5,9-10,16H2,1-2H3. The van der Waals surface area contributed by atoms with E-state index in [9.17, 15) is 9.50 Å². The third-order valence-corrected chi connectivity index (χ3v) is 3.25. The molecule has 0 bridgehead atoms. The van der Waals surface area contributed by atoms with E-state index in [2.05, 4.69) is 6.92 Å². The summed E-state index contributed by atoms with van der Waals surface area (Å²) in [6.45, 7) is 4.31. The van der Waals surface area contributed by atoms with E-state index in [0.29, 0.717) is 13.0 Å². The van der Waals surface area contributed by atoms with Gasteiger partial charge >= 0.3 is 0 Å². The van der Waals surface area contributed by atoms with Gasteiger partial charge in [0, 0.05) is 6.42 Å². The Hall–Kier alpha value is -0.930. The molecule has 3 heteroatoms. The lowest BCUT2D eigenvalue weighted by Gasteiger charge is -2.32. The Morgan fingerprint density at radius 3 is 2.71 bits per heavy atom. The van der Waals surface area contributed by atoms with Gasteiger partial charge in [-0.15, -0.1) is 0 Å². The average molecular weight is 239 g/mol. The predicted molar refractivity (Wildman–Crippen MR) is 68.2 cm³/mol. The van der Waals surface area contributed by atoms with Crippen molar-refractivity contribution in [1.29, 1.82) is 0 Å². The highest BCUT2D eigenvalue weighted by Gasteiger charge is 2.30. The summed E-state index contributed by atoms with van der Waals surface area (Å²) in [5.74, 6) is -0.214. The smallest absolute Gasteiger partial charge is 0.123 e. The van der Waals surface area contributed by atoms with Crippen molar-refractivity contribution in [2.45, 2.75) is 38.7 Å². The molecule has 0 amide bonds. The second-order valence-corrected chi connectivity index (χ2v) is 4.89. The quantitative estimate of drug-likeness (QED) is 0.801. The van der Waals surface area contributed by atoms with Gasteiger partial charge in [0.25, 0.3) is 0 Å². The van der Waals surface area contributed by atoms with Gasteiger partial charge in [0.05, 0.1) is 5.60 Å². The van der Waals surface area contributed by atoms with Crippen LogP contribution in [0.1, 0.15) is 32.3 Å². The summed E-state index contributed by atoms with van der Waals surface area (Å²) < 4.78 is 13.1. The molecule has 2 unspecified atom stereocenters. The zero-order valence-corrected chi connectivity index (χ0v) is 10.6. The number of nitrogens with two attached hydrogens (primary N) is 1. The first-order valence-corrected chi connectivity index (χ1v) is 6.16. The molecule has 0 saturated heterocycles. The van der Waals surface area contributed by atoms with E-state index in [1.54, 1.807) is 13.0 Å². The van der Waals surface area contributed by atoms with E-state index in [1.807, 2.05) is 6.07 Å². The molecule has 96 valence electrons. The lowest BCUT2D eigenvalue weighted by atomic mass is 9.81. The van der Waals surface area contributed by atoms with Gasteiger partial charge in [-0.1, -0.05) is 25.5 Å². The number of hydrogen-bond donors (Lipinski definition) is 2. The minimum absolute atomic E-state index is 0.0516. The Bertz CT molecular complexity index is 352. The zero-order valence-electron chi connectivity index (χ0n) is 10.6. The van der Waals surface area contributed by atoms with Crippen LogP contribution in [0.3, 0.4) is 0 Å². The van der Waals surface area contributed by atoms with Crippen LogP contribution in [0, 0.1) is 11.7 Å². The van der Waals surface area contributed by atoms with Crippen LogP contribution in [0.4, 0.5) is 4.39 Å². The number of benzene rings is 1. The van der Waals surface area contributed by atoms with Gasteiger partial charge in [0.15, 0.2) is 0 Å². The van der Waals surface area contributed by atoms with E-state index >= 15 is 0 Å². The molecule has 0 saturated carbocycles. The minimum atomic E-state index is -0.876. The summed E-state index contributed by atoms with van der Waals surface area (Å²) in [5, 5.41) is 10.4. The fourth-order valence-corrected chi connectivity index (χ4v) is 2.24.